The summed E-state index contributed by atoms with van der Waals surface area (Å²) >= 11 is 0. The molecule has 0 saturated carbocycles. The lowest BCUT2D eigenvalue weighted by Gasteiger charge is -2.07. The van der Waals surface area contributed by atoms with Crippen molar-refractivity contribution in [3.63, 3.8) is 0 Å². The second-order valence-corrected chi connectivity index (χ2v) is 4.89. The largest absolute Gasteiger partial charge is 0.480 e. The van der Waals surface area contributed by atoms with Crippen molar-refractivity contribution in [3.05, 3.63) is 36.0 Å². The van der Waals surface area contributed by atoms with Gasteiger partial charge in [0.25, 0.3) is 0 Å². The van der Waals surface area contributed by atoms with Crippen LogP contribution in [0.3, 0.4) is 0 Å². The van der Waals surface area contributed by atoms with Gasteiger partial charge < -0.3 is 9.67 Å². The molecule has 2 aromatic heterocycles. The minimum absolute atomic E-state index is 0.121. The van der Waals surface area contributed by atoms with Crippen LogP contribution in [0.2, 0.25) is 0 Å². The molecule has 21 heavy (non-hydrogen) atoms. The van der Waals surface area contributed by atoms with Gasteiger partial charge in [0.2, 0.25) is 0 Å². The van der Waals surface area contributed by atoms with Gasteiger partial charge in [-0.15, -0.1) is 0 Å². The van der Waals surface area contributed by atoms with Gasteiger partial charge in [-0.05, 0) is 32.0 Å². The van der Waals surface area contributed by atoms with Gasteiger partial charge in [0, 0.05) is 6.54 Å². The number of aliphatic carboxylic acids is 1. The number of nitrogens with zero attached hydrogens (tertiary/aromatic N) is 4. The van der Waals surface area contributed by atoms with Gasteiger partial charge in [0.05, 0.1) is 16.7 Å². The van der Waals surface area contributed by atoms with E-state index < -0.39 is 5.97 Å². The molecule has 0 radical (unpaired) electrons. The minimum Gasteiger partial charge on any atom is -0.480 e. The van der Waals surface area contributed by atoms with Crippen LogP contribution in [-0.4, -0.2) is 30.4 Å². The number of aryl methyl sites for hydroxylation is 2. The third-order valence-electron chi connectivity index (χ3n) is 3.38. The van der Waals surface area contributed by atoms with E-state index in [-0.39, 0.29) is 6.54 Å². The Bertz CT molecular complexity index is 816. The zero-order chi connectivity index (χ0) is 15.0. The van der Waals surface area contributed by atoms with E-state index in [4.69, 9.17) is 0 Å². The fourth-order valence-electron chi connectivity index (χ4n) is 2.53. The van der Waals surface area contributed by atoms with Crippen molar-refractivity contribution >= 4 is 17.0 Å². The van der Waals surface area contributed by atoms with Crippen LogP contribution in [0, 0.1) is 6.92 Å². The van der Waals surface area contributed by atoms with Crippen molar-refractivity contribution in [1.29, 1.82) is 0 Å². The molecule has 0 atom stereocenters. The number of rotatable bonds is 4. The smallest absolute Gasteiger partial charge is 0.323 e. The van der Waals surface area contributed by atoms with E-state index in [9.17, 15) is 9.90 Å². The maximum absolute atomic E-state index is 11.2. The molecule has 0 unspecified atom stereocenters. The summed E-state index contributed by atoms with van der Waals surface area (Å²) in [6.07, 6.45) is 0. The third-order valence-corrected chi connectivity index (χ3v) is 3.38. The predicted octanol–water partition coefficient (Wildman–Crippen LogP) is 2.31. The van der Waals surface area contributed by atoms with Gasteiger partial charge in [-0.2, -0.15) is 5.10 Å². The Kier molecular flexibility index (Phi) is 3.21. The zero-order valence-corrected chi connectivity index (χ0v) is 11.9. The molecule has 6 nitrogen and oxygen atoms in total. The average Bonchev–Trinajstić information content (AvgIpc) is 2.99. The Hall–Kier alpha value is -2.63. The number of carbonyl (C=O) groups is 1. The highest BCUT2D eigenvalue weighted by Crippen LogP contribution is 2.25. The summed E-state index contributed by atoms with van der Waals surface area (Å²) in [6, 6.07) is 9.48. The second-order valence-electron chi connectivity index (χ2n) is 4.89. The van der Waals surface area contributed by atoms with Gasteiger partial charge in [0.15, 0.2) is 5.82 Å². The van der Waals surface area contributed by atoms with Gasteiger partial charge in [-0.25, -0.2) is 4.98 Å². The molecule has 0 fully saturated rings. The topological polar surface area (TPSA) is 72.9 Å². The van der Waals surface area contributed by atoms with Crippen LogP contribution in [0.25, 0.3) is 22.6 Å². The molecule has 0 saturated heterocycles. The SMILES string of the molecule is CCn1nc(C)cc1-c1nc2ccccc2n1CC(=O)O. The molecule has 2 heterocycles. The molecule has 1 N–H and O–H groups in total. The van der Waals surface area contributed by atoms with E-state index in [1.807, 2.05) is 48.9 Å². The maximum Gasteiger partial charge on any atom is 0.323 e. The summed E-state index contributed by atoms with van der Waals surface area (Å²) in [6.45, 7) is 4.50. The number of hydrogen-bond donors (Lipinski definition) is 1. The van der Waals surface area contributed by atoms with E-state index in [2.05, 4.69) is 10.1 Å². The first-order valence-electron chi connectivity index (χ1n) is 6.82. The zero-order valence-electron chi connectivity index (χ0n) is 11.9. The number of carboxylic acid groups (broad SMARTS) is 1. The maximum atomic E-state index is 11.2. The third kappa shape index (κ3) is 2.29. The predicted molar refractivity (Wildman–Crippen MR) is 79.0 cm³/mol. The first-order valence-corrected chi connectivity index (χ1v) is 6.82. The number of carboxylic acids is 1. The summed E-state index contributed by atoms with van der Waals surface area (Å²) < 4.78 is 3.56. The van der Waals surface area contributed by atoms with Crippen LogP contribution in [0.1, 0.15) is 12.6 Å². The highest BCUT2D eigenvalue weighted by atomic mass is 16.4. The van der Waals surface area contributed by atoms with Crippen molar-refractivity contribution in [1.82, 2.24) is 19.3 Å². The van der Waals surface area contributed by atoms with Crippen LogP contribution in [0.4, 0.5) is 0 Å². The summed E-state index contributed by atoms with van der Waals surface area (Å²) in [4.78, 5) is 15.8. The molecular weight excluding hydrogens is 268 g/mol. The first-order chi connectivity index (χ1) is 10.1. The van der Waals surface area contributed by atoms with Gasteiger partial charge >= 0.3 is 5.97 Å². The molecule has 0 amide bonds. The lowest BCUT2D eigenvalue weighted by Crippen LogP contribution is -2.11. The standard InChI is InChI=1S/C15H16N4O2/c1-3-19-13(8-10(2)17-19)15-16-11-6-4-5-7-12(11)18(15)9-14(20)21/h4-8H,3,9H2,1-2H3,(H,20,21). The molecule has 3 aromatic rings. The fraction of sp³-hybridized carbons (Fsp3) is 0.267. The van der Waals surface area contributed by atoms with Crippen LogP contribution < -0.4 is 0 Å². The normalized spacial score (nSPS) is 11.1. The van der Waals surface area contributed by atoms with Gasteiger partial charge in [-0.3, -0.25) is 9.48 Å². The monoisotopic (exact) mass is 284 g/mol. The molecule has 108 valence electrons. The highest BCUT2D eigenvalue weighted by Gasteiger charge is 2.18. The summed E-state index contributed by atoms with van der Waals surface area (Å²) in [5, 5.41) is 13.6. The Morgan fingerprint density at radius 3 is 2.81 bits per heavy atom. The van der Waals surface area contributed by atoms with Crippen LogP contribution in [0.15, 0.2) is 30.3 Å². The second kappa shape index (κ2) is 5.05. The molecule has 1 aromatic carbocycles. The molecule has 0 bridgehead atoms. The number of aromatic nitrogens is 4. The summed E-state index contributed by atoms with van der Waals surface area (Å²) in [7, 11) is 0. The van der Waals surface area contributed by atoms with Crippen molar-refractivity contribution in [2.24, 2.45) is 0 Å². The lowest BCUT2D eigenvalue weighted by molar-refractivity contribution is -0.137. The Balaban J connectivity index is 2.27. The molecule has 3 rings (SSSR count). The van der Waals surface area contributed by atoms with Crippen molar-refractivity contribution in [3.8, 4) is 11.5 Å². The number of hydrogen-bond acceptors (Lipinski definition) is 3. The van der Waals surface area contributed by atoms with E-state index in [0.29, 0.717) is 12.4 Å². The molecule has 0 aliphatic carbocycles. The molecule has 0 spiro atoms. The highest BCUT2D eigenvalue weighted by molar-refractivity contribution is 5.82. The van der Waals surface area contributed by atoms with Crippen LogP contribution >= 0.6 is 0 Å². The summed E-state index contributed by atoms with van der Waals surface area (Å²) in [5.74, 6) is -0.250. The molecular formula is C15H16N4O2. The molecule has 0 aliphatic rings. The Labute approximate surface area is 121 Å². The van der Waals surface area contributed by atoms with Gasteiger partial charge in [0.1, 0.15) is 12.2 Å². The molecule has 6 heteroatoms. The van der Waals surface area contributed by atoms with Crippen LogP contribution in [-0.2, 0) is 17.9 Å². The first kappa shape index (κ1) is 13.4. The fourth-order valence-corrected chi connectivity index (χ4v) is 2.53. The summed E-state index contributed by atoms with van der Waals surface area (Å²) in [5.41, 5.74) is 3.33. The van der Waals surface area contributed by atoms with Crippen molar-refractivity contribution < 1.29 is 9.90 Å². The van der Waals surface area contributed by atoms with Gasteiger partial charge in [-0.1, -0.05) is 12.1 Å². The number of imidazole rings is 1. The minimum atomic E-state index is -0.890. The Morgan fingerprint density at radius 2 is 2.10 bits per heavy atom. The van der Waals surface area contributed by atoms with Crippen molar-refractivity contribution in [2.45, 2.75) is 26.9 Å². The number of para-hydroxylation sites is 2. The molecule has 0 aliphatic heterocycles. The quantitative estimate of drug-likeness (QED) is 0.798. The number of benzene rings is 1. The number of fused-ring (bicyclic) bond motifs is 1. The lowest BCUT2D eigenvalue weighted by atomic mass is 10.3. The van der Waals surface area contributed by atoms with Crippen LogP contribution in [0.5, 0.6) is 0 Å². The van der Waals surface area contributed by atoms with E-state index in [1.165, 1.54) is 0 Å². The Morgan fingerprint density at radius 1 is 1.33 bits per heavy atom. The van der Waals surface area contributed by atoms with Crippen molar-refractivity contribution in [2.75, 3.05) is 0 Å². The van der Waals surface area contributed by atoms with E-state index in [0.717, 1.165) is 22.4 Å². The van der Waals surface area contributed by atoms with E-state index >= 15 is 0 Å². The average molecular weight is 284 g/mol. The van der Waals surface area contributed by atoms with E-state index in [1.54, 1.807) is 4.57 Å².